The van der Waals surface area contributed by atoms with Crippen LogP contribution in [0.4, 0.5) is 5.13 Å². The summed E-state index contributed by atoms with van der Waals surface area (Å²) in [6, 6.07) is 4.76. The highest BCUT2D eigenvalue weighted by Gasteiger charge is 2.14. The van der Waals surface area contributed by atoms with Crippen molar-refractivity contribution in [1.29, 1.82) is 0 Å². The van der Waals surface area contributed by atoms with Gasteiger partial charge in [0, 0.05) is 24.0 Å². The number of aromatic carboxylic acids is 1. The van der Waals surface area contributed by atoms with Crippen LogP contribution in [0, 0.1) is 0 Å². The van der Waals surface area contributed by atoms with Crippen LogP contribution in [-0.2, 0) is 0 Å². The maximum atomic E-state index is 11.2. The van der Waals surface area contributed by atoms with Gasteiger partial charge in [0.15, 0.2) is 4.34 Å². The van der Waals surface area contributed by atoms with Crippen LogP contribution in [0.15, 0.2) is 27.4 Å². The maximum Gasteiger partial charge on any atom is 0.336 e. The van der Waals surface area contributed by atoms with Crippen molar-refractivity contribution >= 4 is 45.8 Å². The fraction of sp³-hybridized carbons (Fsp3) is 0.182. The third-order valence-electron chi connectivity index (χ3n) is 2.15. The molecule has 0 aliphatic carbocycles. The Morgan fingerprint density at radius 1 is 1.42 bits per heavy atom. The topological polar surface area (TPSA) is 66.3 Å². The van der Waals surface area contributed by atoms with E-state index in [2.05, 4.69) is 10.2 Å². The summed E-state index contributed by atoms with van der Waals surface area (Å²) in [6.45, 7) is 0. The van der Waals surface area contributed by atoms with E-state index < -0.39 is 5.97 Å². The number of halogens is 1. The Balaban J connectivity index is 2.29. The number of carbonyl (C=O) groups is 1. The van der Waals surface area contributed by atoms with E-state index in [0.717, 1.165) is 5.13 Å². The Morgan fingerprint density at radius 3 is 2.74 bits per heavy atom. The number of aromatic nitrogens is 2. The molecule has 2 rings (SSSR count). The fourth-order valence-corrected chi connectivity index (χ4v) is 3.27. The average Bonchev–Trinajstić information content (AvgIpc) is 2.80. The number of carboxylic acids is 1. The molecule has 2 aromatic rings. The molecule has 0 aliphatic heterocycles. The summed E-state index contributed by atoms with van der Waals surface area (Å²) in [5.41, 5.74) is 0.166. The van der Waals surface area contributed by atoms with E-state index in [-0.39, 0.29) is 5.56 Å². The molecule has 1 aromatic heterocycles. The zero-order valence-corrected chi connectivity index (χ0v) is 12.5. The molecule has 0 aliphatic rings. The lowest BCUT2D eigenvalue weighted by molar-refractivity contribution is 0.0693. The lowest BCUT2D eigenvalue weighted by Crippen LogP contribution is -2.07. The van der Waals surface area contributed by atoms with Crippen LogP contribution in [-0.4, -0.2) is 35.4 Å². The zero-order valence-electron chi connectivity index (χ0n) is 10.1. The normalized spacial score (nSPS) is 10.5. The third-order valence-corrected chi connectivity index (χ3v) is 4.60. The van der Waals surface area contributed by atoms with E-state index in [4.69, 9.17) is 16.7 Å². The van der Waals surface area contributed by atoms with Gasteiger partial charge in [-0.1, -0.05) is 34.7 Å². The highest BCUT2D eigenvalue weighted by molar-refractivity contribution is 8.01. The first-order chi connectivity index (χ1) is 8.97. The molecule has 1 aromatic carbocycles. The Kier molecular flexibility index (Phi) is 4.28. The van der Waals surface area contributed by atoms with Crippen molar-refractivity contribution in [3.05, 3.63) is 28.8 Å². The molecule has 0 saturated heterocycles. The summed E-state index contributed by atoms with van der Waals surface area (Å²) in [7, 11) is 3.75. The summed E-state index contributed by atoms with van der Waals surface area (Å²) in [5, 5.41) is 18.3. The summed E-state index contributed by atoms with van der Waals surface area (Å²) in [5.74, 6) is -1.01. The Hall–Kier alpha value is -1.31. The van der Waals surface area contributed by atoms with Gasteiger partial charge in [-0.2, -0.15) is 0 Å². The van der Waals surface area contributed by atoms with Crippen molar-refractivity contribution < 1.29 is 9.90 Å². The lowest BCUT2D eigenvalue weighted by atomic mass is 10.2. The number of benzene rings is 1. The van der Waals surface area contributed by atoms with Crippen LogP contribution in [0.3, 0.4) is 0 Å². The number of hydrogen-bond acceptors (Lipinski definition) is 6. The maximum absolute atomic E-state index is 11.2. The minimum absolute atomic E-state index is 0.166. The highest BCUT2D eigenvalue weighted by atomic mass is 35.5. The van der Waals surface area contributed by atoms with Crippen LogP contribution in [0.2, 0.25) is 5.02 Å². The molecule has 5 nitrogen and oxygen atoms in total. The molecule has 0 spiro atoms. The smallest absolute Gasteiger partial charge is 0.336 e. The Labute approximate surface area is 123 Å². The van der Waals surface area contributed by atoms with E-state index in [0.29, 0.717) is 14.3 Å². The van der Waals surface area contributed by atoms with E-state index in [1.54, 1.807) is 12.1 Å². The van der Waals surface area contributed by atoms with Gasteiger partial charge in [-0.05, 0) is 18.2 Å². The first-order valence-corrected chi connectivity index (χ1v) is 7.20. The predicted molar refractivity (Wildman–Crippen MR) is 76.8 cm³/mol. The van der Waals surface area contributed by atoms with Crippen molar-refractivity contribution in [3.8, 4) is 0 Å². The van der Waals surface area contributed by atoms with Gasteiger partial charge in [-0.25, -0.2) is 4.79 Å². The second kappa shape index (κ2) is 5.77. The summed E-state index contributed by atoms with van der Waals surface area (Å²) >= 11 is 8.47. The Bertz CT molecular complexity index is 616. The molecule has 0 bridgehead atoms. The molecule has 1 N–H and O–H groups in total. The van der Waals surface area contributed by atoms with Crippen LogP contribution in [0.25, 0.3) is 0 Å². The average molecular weight is 316 g/mol. The van der Waals surface area contributed by atoms with Gasteiger partial charge in [0.1, 0.15) is 0 Å². The predicted octanol–water partition coefficient (Wildman–Crippen LogP) is 3.11. The summed E-state index contributed by atoms with van der Waals surface area (Å²) < 4.78 is 0.688. The SMILES string of the molecule is CN(C)c1nnc(Sc2ccc(Cl)cc2C(=O)O)s1. The van der Waals surface area contributed by atoms with E-state index in [1.165, 1.54) is 29.2 Å². The summed E-state index contributed by atoms with van der Waals surface area (Å²) in [4.78, 5) is 13.6. The molecule has 0 unspecified atom stereocenters. The molecule has 0 amide bonds. The third kappa shape index (κ3) is 3.37. The first-order valence-electron chi connectivity index (χ1n) is 5.19. The molecule has 8 heteroatoms. The van der Waals surface area contributed by atoms with Crippen molar-refractivity contribution in [2.75, 3.05) is 19.0 Å². The largest absolute Gasteiger partial charge is 0.478 e. The number of anilines is 1. The van der Waals surface area contributed by atoms with Crippen LogP contribution in [0.5, 0.6) is 0 Å². The first kappa shape index (κ1) is 14.1. The second-order valence-corrected chi connectivity index (χ2v) is 6.47. The van der Waals surface area contributed by atoms with Gasteiger partial charge in [-0.15, -0.1) is 10.2 Å². The fourth-order valence-electron chi connectivity index (χ4n) is 1.28. The minimum atomic E-state index is -1.01. The van der Waals surface area contributed by atoms with E-state index in [9.17, 15) is 4.79 Å². The molecular formula is C11H10ClN3O2S2. The van der Waals surface area contributed by atoms with Gasteiger partial charge in [-0.3, -0.25) is 0 Å². The molecule has 0 radical (unpaired) electrons. The number of hydrogen-bond donors (Lipinski definition) is 1. The Morgan fingerprint density at radius 2 is 2.16 bits per heavy atom. The van der Waals surface area contributed by atoms with E-state index >= 15 is 0 Å². The number of rotatable bonds is 4. The molecular weight excluding hydrogens is 306 g/mol. The van der Waals surface area contributed by atoms with Gasteiger partial charge in [0.25, 0.3) is 0 Å². The van der Waals surface area contributed by atoms with Crippen LogP contribution < -0.4 is 4.90 Å². The van der Waals surface area contributed by atoms with Gasteiger partial charge in [0.05, 0.1) is 5.56 Å². The quantitative estimate of drug-likeness (QED) is 0.935. The molecule has 19 heavy (non-hydrogen) atoms. The van der Waals surface area contributed by atoms with Crippen LogP contribution >= 0.6 is 34.7 Å². The van der Waals surface area contributed by atoms with Crippen LogP contribution in [0.1, 0.15) is 10.4 Å². The molecule has 0 atom stereocenters. The monoisotopic (exact) mass is 315 g/mol. The van der Waals surface area contributed by atoms with Gasteiger partial charge < -0.3 is 10.0 Å². The number of nitrogens with zero attached hydrogens (tertiary/aromatic N) is 3. The van der Waals surface area contributed by atoms with Crippen molar-refractivity contribution in [1.82, 2.24) is 10.2 Å². The molecule has 1 heterocycles. The standard InChI is InChI=1S/C11H10ClN3O2S2/c1-15(2)10-13-14-11(19-10)18-8-4-3-6(12)5-7(8)9(16)17/h3-5H,1-2H3,(H,16,17). The van der Waals surface area contributed by atoms with Crippen molar-refractivity contribution in [3.63, 3.8) is 0 Å². The second-order valence-electron chi connectivity index (χ2n) is 3.79. The number of carboxylic acid groups (broad SMARTS) is 1. The molecule has 100 valence electrons. The molecule has 0 saturated carbocycles. The van der Waals surface area contributed by atoms with Crippen molar-refractivity contribution in [2.45, 2.75) is 9.24 Å². The molecule has 0 fully saturated rings. The van der Waals surface area contributed by atoms with Gasteiger partial charge >= 0.3 is 5.97 Å². The minimum Gasteiger partial charge on any atom is -0.478 e. The lowest BCUT2D eigenvalue weighted by Gasteiger charge is -2.04. The summed E-state index contributed by atoms with van der Waals surface area (Å²) in [6.07, 6.45) is 0. The van der Waals surface area contributed by atoms with Gasteiger partial charge in [0.2, 0.25) is 5.13 Å². The van der Waals surface area contributed by atoms with E-state index in [1.807, 2.05) is 19.0 Å². The zero-order chi connectivity index (χ0) is 14.0. The van der Waals surface area contributed by atoms with Crippen molar-refractivity contribution in [2.24, 2.45) is 0 Å². The highest BCUT2D eigenvalue weighted by Crippen LogP contribution is 2.35.